The molecule has 0 unspecified atom stereocenters. The summed E-state index contributed by atoms with van der Waals surface area (Å²) in [5.41, 5.74) is 0. The molecule has 0 saturated heterocycles. The Labute approximate surface area is 285 Å². The summed E-state index contributed by atoms with van der Waals surface area (Å²) in [5, 5.41) is 0. The Kier molecular flexibility index (Phi) is 32.4. The molecule has 1 rings (SSSR count). The van der Waals surface area contributed by atoms with Gasteiger partial charge in [-0.2, -0.15) is 0 Å². The lowest BCUT2D eigenvalue weighted by atomic mass is 10.0. The maximum Gasteiger partial charge on any atom is 0.256 e. The second kappa shape index (κ2) is 34.5. The van der Waals surface area contributed by atoms with Gasteiger partial charge in [0.2, 0.25) is 0 Å². The molecule has 0 fully saturated rings. The highest BCUT2D eigenvalue weighted by atomic mass is 15.1. The molecule has 0 atom stereocenters. The minimum atomic E-state index is 1.23. The maximum absolute atomic E-state index is 2.64. The van der Waals surface area contributed by atoms with Crippen molar-refractivity contribution in [3.05, 3.63) is 18.2 Å². The van der Waals surface area contributed by atoms with Crippen LogP contribution in [0, 0.1) is 0 Å². The molecule has 266 valence electrons. The molecule has 0 radical (unpaired) electrons. The third kappa shape index (κ3) is 26.9. The van der Waals surface area contributed by atoms with E-state index in [9.17, 15) is 0 Å². The van der Waals surface area contributed by atoms with Crippen LogP contribution in [0.5, 0.6) is 0 Å². The average Bonchev–Trinajstić information content (AvgIpc) is 3.43. The zero-order valence-electron chi connectivity index (χ0n) is 31.7. The number of hydrogen-bond donors (Lipinski definition) is 0. The number of rotatable bonds is 37. The van der Waals surface area contributed by atoms with E-state index in [0.29, 0.717) is 0 Å². The fourth-order valence-corrected chi connectivity index (χ4v) is 7.21. The monoisotopic (exact) mass is 630 g/mol. The van der Waals surface area contributed by atoms with Gasteiger partial charge in [-0.05, 0) is 32.1 Å². The van der Waals surface area contributed by atoms with E-state index in [-0.39, 0.29) is 0 Å². The normalized spacial score (nSPS) is 11.6. The Hall–Kier alpha value is -0.790. The Morgan fingerprint density at radius 1 is 0.378 bits per heavy atom. The Balaban J connectivity index is 2.28. The molecular weight excluding hydrogens is 544 g/mol. The molecule has 0 N–H and O–H groups in total. The zero-order chi connectivity index (χ0) is 32.3. The highest BCUT2D eigenvalue weighted by molar-refractivity contribution is 4.84. The summed E-state index contributed by atoms with van der Waals surface area (Å²) in [7, 11) is 0. The number of imidazole rings is 1. The van der Waals surface area contributed by atoms with Crippen molar-refractivity contribution in [3.63, 3.8) is 0 Å². The van der Waals surface area contributed by atoms with Crippen molar-refractivity contribution in [3.8, 4) is 0 Å². The van der Waals surface area contributed by atoms with E-state index < -0.39 is 0 Å². The molecule has 0 bridgehead atoms. The first-order valence-corrected chi connectivity index (χ1v) is 21.4. The van der Waals surface area contributed by atoms with Gasteiger partial charge in [0.1, 0.15) is 12.4 Å². The highest BCUT2D eigenvalue weighted by Crippen LogP contribution is 2.16. The van der Waals surface area contributed by atoms with Crippen LogP contribution >= 0.6 is 0 Å². The van der Waals surface area contributed by atoms with Gasteiger partial charge in [0.25, 0.3) is 5.82 Å². The molecule has 2 heteroatoms. The number of nitrogens with zero attached hydrogens (tertiary/aromatic N) is 2. The minimum absolute atomic E-state index is 1.23. The lowest BCUT2D eigenvalue weighted by Gasteiger charge is -2.07. The molecule has 45 heavy (non-hydrogen) atoms. The summed E-state index contributed by atoms with van der Waals surface area (Å²) in [6.45, 7) is 9.41. The maximum atomic E-state index is 2.64. The van der Waals surface area contributed by atoms with Crippen LogP contribution in [0.2, 0.25) is 0 Å². The van der Waals surface area contributed by atoms with Crippen LogP contribution in [0.25, 0.3) is 0 Å². The van der Waals surface area contributed by atoms with Crippen LogP contribution < -0.4 is 4.57 Å². The molecule has 0 amide bonds. The largest absolute Gasteiger partial charge is 0.256 e. The third-order valence-electron chi connectivity index (χ3n) is 10.3. The van der Waals surface area contributed by atoms with E-state index >= 15 is 0 Å². The average molecular weight is 630 g/mol. The zero-order valence-corrected chi connectivity index (χ0v) is 31.7. The first kappa shape index (κ1) is 42.2. The van der Waals surface area contributed by atoms with Crippen LogP contribution in [0.4, 0.5) is 0 Å². The summed E-state index contributed by atoms with van der Waals surface area (Å²) in [5.74, 6) is 1.63. The highest BCUT2D eigenvalue weighted by Gasteiger charge is 2.16. The Morgan fingerprint density at radius 2 is 0.689 bits per heavy atom. The van der Waals surface area contributed by atoms with E-state index in [1.54, 1.807) is 5.82 Å². The first-order chi connectivity index (χ1) is 22.3. The lowest BCUT2D eigenvalue weighted by Crippen LogP contribution is -2.37. The second-order valence-corrected chi connectivity index (χ2v) is 14.8. The van der Waals surface area contributed by atoms with E-state index in [0.717, 1.165) is 0 Å². The summed E-state index contributed by atoms with van der Waals surface area (Å²) in [6.07, 6.45) is 54.8. The molecule has 0 aliphatic carbocycles. The molecule has 2 nitrogen and oxygen atoms in total. The summed E-state index contributed by atoms with van der Waals surface area (Å²) in [4.78, 5) is 0. The lowest BCUT2D eigenvalue weighted by molar-refractivity contribution is -0.704. The van der Waals surface area contributed by atoms with Crippen LogP contribution in [-0.2, 0) is 19.5 Å². The van der Waals surface area contributed by atoms with Gasteiger partial charge in [0.05, 0.1) is 13.1 Å². The van der Waals surface area contributed by atoms with Crippen molar-refractivity contribution >= 4 is 0 Å². The predicted molar refractivity (Wildman–Crippen MR) is 202 cm³/mol. The minimum Gasteiger partial charge on any atom is -0.234 e. The van der Waals surface area contributed by atoms with Gasteiger partial charge in [-0.1, -0.05) is 207 Å². The van der Waals surface area contributed by atoms with E-state index in [1.807, 2.05) is 0 Å². The molecule has 1 aromatic rings. The van der Waals surface area contributed by atoms with Gasteiger partial charge in [-0.15, -0.1) is 0 Å². The number of hydrogen-bond acceptors (Lipinski definition) is 0. The Morgan fingerprint density at radius 3 is 1.07 bits per heavy atom. The molecular formula is C43H85N2+. The predicted octanol–water partition coefficient (Wildman–Crippen LogP) is 14.6. The number of aromatic nitrogens is 2. The van der Waals surface area contributed by atoms with Crippen LogP contribution in [0.1, 0.15) is 245 Å². The molecule has 0 aliphatic heterocycles. The van der Waals surface area contributed by atoms with Crippen molar-refractivity contribution < 1.29 is 4.57 Å². The fourth-order valence-electron chi connectivity index (χ4n) is 7.21. The first-order valence-electron chi connectivity index (χ1n) is 21.4. The third-order valence-corrected chi connectivity index (χ3v) is 10.3. The van der Waals surface area contributed by atoms with Gasteiger partial charge in [-0.25, -0.2) is 9.13 Å². The van der Waals surface area contributed by atoms with Crippen molar-refractivity contribution in [1.82, 2.24) is 4.57 Å². The van der Waals surface area contributed by atoms with Crippen molar-refractivity contribution in [1.29, 1.82) is 0 Å². The quantitative estimate of drug-likeness (QED) is 0.0511. The molecule has 1 heterocycles. The molecule has 0 aliphatic rings. The molecule has 0 saturated carbocycles. The van der Waals surface area contributed by atoms with Gasteiger partial charge in [-0.3, -0.25) is 0 Å². The summed E-state index contributed by atoms with van der Waals surface area (Å²) >= 11 is 0. The van der Waals surface area contributed by atoms with Crippen molar-refractivity contribution in [2.45, 2.75) is 259 Å². The molecule has 0 aromatic carbocycles. The Bertz CT molecular complexity index is 692. The van der Waals surface area contributed by atoms with Crippen LogP contribution in [-0.4, -0.2) is 4.57 Å². The standard InChI is InChI=1S/C43H85N2/c1-4-7-10-13-16-19-21-23-25-28-31-34-37-40-45-42-41-44(39-36-33-30-27-18-15-12-9-6-3)43(45)38-35-32-29-26-24-22-20-17-14-11-8-5-2/h41-42H,4-40H2,1-3H3/q+1. The number of aryl methyl sites for hydroxylation is 2. The van der Waals surface area contributed by atoms with Crippen LogP contribution in [0.3, 0.4) is 0 Å². The van der Waals surface area contributed by atoms with E-state index in [1.165, 1.54) is 238 Å². The van der Waals surface area contributed by atoms with Gasteiger partial charge in [0.15, 0.2) is 0 Å². The van der Waals surface area contributed by atoms with E-state index in [2.05, 4.69) is 42.3 Å². The fraction of sp³-hybridized carbons (Fsp3) is 0.930. The summed E-state index contributed by atoms with van der Waals surface area (Å²) < 4.78 is 5.28. The van der Waals surface area contributed by atoms with Crippen molar-refractivity contribution in [2.24, 2.45) is 0 Å². The van der Waals surface area contributed by atoms with E-state index in [4.69, 9.17) is 0 Å². The summed E-state index contributed by atoms with van der Waals surface area (Å²) in [6, 6.07) is 0. The number of unbranched alkanes of at least 4 members (excludes halogenated alkanes) is 31. The van der Waals surface area contributed by atoms with Crippen LogP contribution in [0.15, 0.2) is 12.4 Å². The molecule has 0 spiro atoms. The topological polar surface area (TPSA) is 8.81 Å². The van der Waals surface area contributed by atoms with Gasteiger partial charge in [0, 0.05) is 6.42 Å². The smallest absolute Gasteiger partial charge is 0.234 e. The van der Waals surface area contributed by atoms with Gasteiger partial charge < -0.3 is 0 Å². The van der Waals surface area contributed by atoms with Gasteiger partial charge >= 0.3 is 0 Å². The SMILES string of the molecule is CCCCCCCCCCCCCCC[n+]1ccn(CCCCCCCCCCC)c1CCCCCCCCCCCCCC. The molecule has 1 aromatic heterocycles. The van der Waals surface area contributed by atoms with Crippen molar-refractivity contribution in [2.75, 3.05) is 0 Å². The second-order valence-electron chi connectivity index (χ2n) is 14.8.